The van der Waals surface area contributed by atoms with Crippen LogP contribution in [0.3, 0.4) is 0 Å². The van der Waals surface area contributed by atoms with Gasteiger partial charge in [0.2, 0.25) is 0 Å². The number of hydrogen-bond acceptors (Lipinski definition) is 4. The zero-order valence-electron chi connectivity index (χ0n) is 15.5. The van der Waals surface area contributed by atoms with Gasteiger partial charge in [-0.25, -0.2) is 0 Å². The van der Waals surface area contributed by atoms with Crippen LogP contribution >= 0.6 is 7.60 Å². The molecule has 0 aromatic heterocycles. The summed E-state index contributed by atoms with van der Waals surface area (Å²) in [7, 11) is -0.530. The van der Waals surface area contributed by atoms with Crippen LogP contribution < -0.4 is 0 Å². The molecule has 0 bridgehead atoms. The second-order valence-corrected chi connectivity index (χ2v) is 8.58. The first-order chi connectivity index (χ1) is 11.1. The first-order valence-electron chi connectivity index (χ1n) is 9.30. The molecule has 0 aromatic carbocycles. The van der Waals surface area contributed by atoms with Crippen molar-refractivity contribution in [1.29, 1.82) is 0 Å². The maximum Gasteiger partial charge on any atom is 0.337 e. The van der Waals surface area contributed by atoms with Gasteiger partial charge in [-0.15, -0.1) is 0 Å². The van der Waals surface area contributed by atoms with Crippen molar-refractivity contribution >= 4 is 13.4 Å². The molecule has 0 aliphatic carbocycles. The zero-order chi connectivity index (χ0) is 17.4. The minimum Gasteiger partial charge on any atom is -0.312 e. The molecule has 0 atom stereocenters. The molecule has 4 nitrogen and oxygen atoms in total. The lowest BCUT2D eigenvalue weighted by atomic mass is 10.0. The molecule has 0 heterocycles. The molecule has 138 valence electrons. The van der Waals surface area contributed by atoms with E-state index in [0.29, 0.717) is 6.42 Å². The van der Waals surface area contributed by atoms with E-state index >= 15 is 0 Å². The maximum atomic E-state index is 11.8. The molecule has 0 unspecified atom stereocenters. The quantitative estimate of drug-likeness (QED) is 0.234. The van der Waals surface area contributed by atoms with Crippen molar-refractivity contribution in [2.24, 2.45) is 0 Å². The first-order valence-corrected chi connectivity index (χ1v) is 11.0. The minimum absolute atomic E-state index is 0.0240. The van der Waals surface area contributed by atoms with Gasteiger partial charge in [0.1, 0.15) is 11.9 Å². The van der Waals surface area contributed by atoms with Crippen molar-refractivity contribution in [3.05, 3.63) is 0 Å². The molecule has 0 saturated heterocycles. The first kappa shape index (κ1) is 22.8. The van der Waals surface area contributed by atoms with Crippen molar-refractivity contribution in [3.8, 4) is 0 Å². The highest BCUT2D eigenvalue weighted by atomic mass is 31.2. The Hall–Kier alpha value is -0.180. The molecule has 0 fully saturated rings. The fourth-order valence-electron chi connectivity index (χ4n) is 2.66. The third-order valence-corrected chi connectivity index (χ3v) is 6.09. The van der Waals surface area contributed by atoms with Gasteiger partial charge in [0.15, 0.2) is 0 Å². The summed E-state index contributed by atoms with van der Waals surface area (Å²) in [6.07, 6.45) is 15.7. The highest BCUT2D eigenvalue weighted by molar-refractivity contribution is 7.54. The lowest BCUT2D eigenvalue weighted by molar-refractivity contribution is -0.117. The summed E-state index contributed by atoms with van der Waals surface area (Å²) < 4.78 is 21.4. The third-order valence-electron chi connectivity index (χ3n) is 4.24. The van der Waals surface area contributed by atoms with Gasteiger partial charge in [-0.1, -0.05) is 77.6 Å². The van der Waals surface area contributed by atoms with Gasteiger partial charge >= 0.3 is 7.60 Å². The number of carbonyl (C=O) groups excluding carboxylic acids is 1. The van der Waals surface area contributed by atoms with Crippen molar-refractivity contribution in [3.63, 3.8) is 0 Å². The summed E-state index contributed by atoms with van der Waals surface area (Å²) >= 11 is 0. The van der Waals surface area contributed by atoms with Crippen LogP contribution in [0.25, 0.3) is 0 Å². The van der Waals surface area contributed by atoms with Crippen LogP contribution in [0, 0.1) is 0 Å². The number of unbranched alkanes of at least 4 members (excludes halogenated alkanes) is 11. The number of rotatable bonds is 17. The molecule has 0 spiro atoms. The van der Waals surface area contributed by atoms with Gasteiger partial charge in [0.25, 0.3) is 0 Å². The molecule has 5 heteroatoms. The van der Waals surface area contributed by atoms with Gasteiger partial charge in [-0.05, 0) is 6.42 Å². The minimum atomic E-state index is -3.17. The molecule has 0 radical (unpaired) electrons. The van der Waals surface area contributed by atoms with E-state index in [-0.39, 0.29) is 11.9 Å². The van der Waals surface area contributed by atoms with Gasteiger partial charge in [0.05, 0.1) is 0 Å². The second-order valence-electron chi connectivity index (χ2n) is 6.31. The van der Waals surface area contributed by atoms with Crippen molar-refractivity contribution in [2.75, 3.05) is 20.4 Å². The Balaban J connectivity index is 3.36. The predicted octanol–water partition coefficient (Wildman–Crippen LogP) is 6.13. The normalized spacial score (nSPS) is 11.8. The van der Waals surface area contributed by atoms with Crippen LogP contribution in [0.15, 0.2) is 0 Å². The van der Waals surface area contributed by atoms with Crippen LogP contribution in [-0.2, 0) is 18.4 Å². The molecule has 0 aliphatic rings. The average molecular weight is 348 g/mol. The standard InChI is InChI=1S/C18H37O4P/c1-4-5-6-7-8-9-10-11-12-13-14-15-16-18(19)17-23(20,21-2)22-3/h4-17H2,1-3H3. The molecule has 0 amide bonds. The second kappa shape index (κ2) is 15.4. The Morgan fingerprint density at radius 3 is 1.52 bits per heavy atom. The molecule has 0 rings (SSSR count). The molecular weight excluding hydrogens is 311 g/mol. The third kappa shape index (κ3) is 13.9. The largest absolute Gasteiger partial charge is 0.337 e. The zero-order valence-corrected chi connectivity index (χ0v) is 16.4. The van der Waals surface area contributed by atoms with Crippen molar-refractivity contribution < 1.29 is 18.4 Å². The summed E-state index contributed by atoms with van der Waals surface area (Å²) in [6.45, 7) is 2.25. The number of hydrogen-bond donors (Lipinski definition) is 0. The highest BCUT2D eigenvalue weighted by Gasteiger charge is 2.24. The lowest BCUT2D eigenvalue weighted by Gasteiger charge is -2.12. The maximum absolute atomic E-state index is 11.8. The molecule has 0 aromatic rings. The Kier molecular flexibility index (Phi) is 15.2. The van der Waals surface area contributed by atoms with Crippen LogP contribution in [-0.4, -0.2) is 26.2 Å². The fraction of sp³-hybridized carbons (Fsp3) is 0.944. The van der Waals surface area contributed by atoms with Crippen LogP contribution in [0.4, 0.5) is 0 Å². The topological polar surface area (TPSA) is 52.6 Å². The Bertz CT molecular complexity index is 323. The molecule has 0 N–H and O–H groups in total. The van der Waals surface area contributed by atoms with E-state index in [0.717, 1.165) is 12.8 Å². The molecular formula is C18H37O4P. The van der Waals surface area contributed by atoms with E-state index < -0.39 is 7.60 Å². The lowest BCUT2D eigenvalue weighted by Crippen LogP contribution is -2.07. The SMILES string of the molecule is CCCCCCCCCCCCCCC(=O)CP(=O)(OC)OC. The number of carbonyl (C=O) groups is 1. The summed E-state index contributed by atoms with van der Waals surface area (Å²) in [5.41, 5.74) is 0. The van der Waals surface area contributed by atoms with Crippen LogP contribution in [0.5, 0.6) is 0 Å². The summed E-state index contributed by atoms with van der Waals surface area (Å²) in [4.78, 5) is 11.7. The van der Waals surface area contributed by atoms with Crippen molar-refractivity contribution in [2.45, 2.75) is 90.4 Å². The number of ketones is 1. The number of Topliss-reactive ketones (excluding diaryl/α,β-unsaturated/α-hetero) is 1. The van der Waals surface area contributed by atoms with Gasteiger partial charge in [0, 0.05) is 20.6 Å². The van der Waals surface area contributed by atoms with Gasteiger partial charge < -0.3 is 9.05 Å². The smallest absolute Gasteiger partial charge is 0.312 e. The summed E-state index contributed by atoms with van der Waals surface area (Å²) in [5, 5.41) is 0. The fourth-order valence-corrected chi connectivity index (χ4v) is 3.66. The van der Waals surface area contributed by atoms with E-state index in [1.807, 2.05) is 0 Å². The van der Waals surface area contributed by atoms with Crippen molar-refractivity contribution in [1.82, 2.24) is 0 Å². The Morgan fingerprint density at radius 2 is 1.13 bits per heavy atom. The van der Waals surface area contributed by atoms with Crippen LogP contribution in [0.2, 0.25) is 0 Å². The average Bonchev–Trinajstić information content (AvgIpc) is 2.55. The highest BCUT2D eigenvalue weighted by Crippen LogP contribution is 2.46. The molecule has 23 heavy (non-hydrogen) atoms. The van der Waals surface area contributed by atoms with E-state index in [1.54, 1.807) is 0 Å². The summed E-state index contributed by atoms with van der Waals surface area (Å²) in [6, 6.07) is 0. The Labute approximate surface area is 143 Å². The van der Waals surface area contributed by atoms with E-state index in [2.05, 4.69) is 6.92 Å². The molecule has 0 aliphatic heterocycles. The Morgan fingerprint density at radius 1 is 0.739 bits per heavy atom. The summed E-state index contributed by atoms with van der Waals surface area (Å²) in [5.74, 6) is -0.0240. The predicted molar refractivity (Wildman–Crippen MR) is 97.2 cm³/mol. The van der Waals surface area contributed by atoms with Crippen LogP contribution in [0.1, 0.15) is 90.4 Å². The van der Waals surface area contributed by atoms with E-state index in [4.69, 9.17) is 9.05 Å². The molecule has 0 saturated carbocycles. The van der Waals surface area contributed by atoms with Gasteiger partial charge in [-0.3, -0.25) is 9.36 Å². The van der Waals surface area contributed by atoms with Gasteiger partial charge in [-0.2, -0.15) is 0 Å². The van der Waals surface area contributed by atoms with E-state index in [9.17, 15) is 9.36 Å². The van der Waals surface area contributed by atoms with E-state index in [1.165, 1.54) is 78.4 Å². The monoisotopic (exact) mass is 348 g/mol.